The summed E-state index contributed by atoms with van der Waals surface area (Å²) in [6.45, 7) is 1.27. The summed E-state index contributed by atoms with van der Waals surface area (Å²) in [5.41, 5.74) is 0. The summed E-state index contributed by atoms with van der Waals surface area (Å²) in [4.78, 5) is 29.6. The van der Waals surface area contributed by atoms with E-state index >= 15 is 0 Å². The Morgan fingerprint density at radius 3 is 2.68 bits per heavy atom. The van der Waals surface area contributed by atoms with Gasteiger partial charge in [0.1, 0.15) is 0 Å². The van der Waals surface area contributed by atoms with Crippen molar-refractivity contribution in [3.05, 3.63) is 11.7 Å². The van der Waals surface area contributed by atoms with Crippen LogP contribution in [0.25, 0.3) is 0 Å². The number of likely N-dealkylation sites (tertiary alicyclic amines) is 1. The van der Waals surface area contributed by atoms with E-state index in [1.807, 2.05) is 0 Å². The average Bonchev–Trinajstić information content (AvgIpc) is 3.44. The topological polar surface area (TPSA) is 96.5 Å². The van der Waals surface area contributed by atoms with Crippen LogP contribution in [-0.2, 0) is 9.59 Å². The van der Waals surface area contributed by atoms with Gasteiger partial charge in [0.15, 0.2) is 5.82 Å². The highest BCUT2D eigenvalue weighted by Gasteiger charge is 2.50. The van der Waals surface area contributed by atoms with Crippen molar-refractivity contribution in [2.45, 2.75) is 43.9 Å². The van der Waals surface area contributed by atoms with Crippen LogP contribution >= 0.6 is 0 Å². The first-order chi connectivity index (χ1) is 10.6. The van der Waals surface area contributed by atoms with Crippen LogP contribution in [0.4, 0.5) is 0 Å². The molecule has 3 aliphatic rings. The second-order valence-corrected chi connectivity index (χ2v) is 6.68. The molecule has 1 aromatic rings. The van der Waals surface area contributed by atoms with Gasteiger partial charge in [-0.1, -0.05) is 5.16 Å². The van der Waals surface area contributed by atoms with Crippen LogP contribution < -0.4 is 0 Å². The fraction of sp³-hybridized carbons (Fsp3) is 0.733. The van der Waals surface area contributed by atoms with Crippen LogP contribution in [0.1, 0.15) is 55.7 Å². The van der Waals surface area contributed by atoms with Crippen LogP contribution in [-0.4, -0.2) is 45.1 Å². The van der Waals surface area contributed by atoms with Crippen molar-refractivity contribution in [1.29, 1.82) is 0 Å². The standard InChI is InChI=1S/C15H19N3O4/c19-14(10-6-11(10)15(20)21)18-5-1-2-9(7-18)12-16-13(22-17-12)8-3-4-8/h8-11H,1-7H2,(H,20,21)/t9-,10+,11-/m1/s1. The van der Waals surface area contributed by atoms with E-state index in [4.69, 9.17) is 9.63 Å². The molecule has 7 heteroatoms. The second-order valence-electron chi connectivity index (χ2n) is 6.68. The van der Waals surface area contributed by atoms with E-state index < -0.39 is 11.9 Å². The van der Waals surface area contributed by atoms with Crippen molar-refractivity contribution in [3.63, 3.8) is 0 Å². The molecule has 2 saturated carbocycles. The predicted octanol–water partition coefficient (Wildman–Crippen LogP) is 1.37. The molecule has 0 radical (unpaired) electrons. The molecular formula is C15H19N3O4. The zero-order valence-corrected chi connectivity index (χ0v) is 12.3. The van der Waals surface area contributed by atoms with Gasteiger partial charge in [0.25, 0.3) is 0 Å². The number of aromatic nitrogens is 2. The normalized spacial score (nSPS) is 31.1. The Morgan fingerprint density at radius 1 is 1.18 bits per heavy atom. The van der Waals surface area contributed by atoms with Crippen molar-refractivity contribution < 1.29 is 19.2 Å². The first-order valence-electron chi connectivity index (χ1n) is 7.98. The highest BCUT2D eigenvalue weighted by Crippen LogP contribution is 2.42. The van der Waals surface area contributed by atoms with Crippen molar-refractivity contribution in [1.82, 2.24) is 15.0 Å². The van der Waals surface area contributed by atoms with Crippen LogP contribution in [0.3, 0.4) is 0 Å². The van der Waals surface area contributed by atoms with Gasteiger partial charge in [-0.05, 0) is 32.1 Å². The van der Waals surface area contributed by atoms with E-state index in [0.717, 1.165) is 31.6 Å². The molecule has 0 aromatic carbocycles. The molecule has 7 nitrogen and oxygen atoms in total. The summed E-state index contributed by atoms with van der Waals surface area (Å²) in [7, 11) is 0. The summed E-state index contributed by atoms with van der Waals surface area (Å²) in [5, 5.41) is 13.0. The number of rotatable bonds is 4. The van der Waals surface area contributed by atoms with Crippen LogP contribution in [0.5, 0.6) is 0 Å². The zero-order chi connectivity index (χ0) is 15.3. The SMILES string of the molecule is O=C(O)[C@@H]1C[C@@H]1C(=O)N1CCC[C@@H](c2noc(C3CC3)n2)C1. The smallest absolute Gasteiger partial charge is 0.307 e. The maximum Gasteiger partial charge on any atom is 0.307 e. The fourth-order valence-corrected chi connectivity index (χ4v) is 3.27. The lowest BCUT2D eigenvalue weighted by atomic mass is 9.97. The largest absolute Gasteiger partial charge is 0.481 e. The Balaban J connectivity index is 1.41. The monoisotopic (exact) mass is 305 g/mol. The minimum Gasteiger partial charge on any atom is -0.481 e. The fourth-order valence-electron chi connectivity index (χ4n) is 3.27. The molecule has 1 N–H and O–H groups in total. The lowest BCUT2D eigenvalue weighted by Gasteiger charge is -2.31. The highest BCUT2D eigenvalue weighted by molar-refractivity contribution is 5.89. The minimum absolute atomic E-state index is 0.0250. The van der Waals surface area contributed by atoms with Crippen LogP contribution in [0.2, 0.25) is 0 Å². The van der Waals surface area contributed by atoms with Crippen molar-refractivity contribution >= 4 is 11.9 Å². The number of carboxylic acids is 1. The van der Waals surface area contributed by atoms with E-state index in [1.54, 1.807) is 4.90 Å². The first kappa shape index (κ1) is 13.7. The van der Waals surface area contributed by atoms with Gasteiger partial charge in [-0.3, -0.25) is 9.59 Å². The van der Waals surface area contributed by atoms with Crippen molar-refractivity contribution in [2.75, 3.05) is 13.1 Å². The van der Waals surface area contributed by atoms with Crippen molar-refractivity contribution in [3.8, 4) is 0 Å². The summed E-state index contributed by atoms with van der Waals surface area (Å²) in [5.74, 6) is 0.267. The zero-order valence-electron chi connectivity index (χ0n) is 12.3. The summed E-state index contributed by atoms with van der Waals surface area (Å²) in [6.07, 6.45) is 4.56. The van der Waals surface area contributed by atoms with Crippen molar-refractivity contribution in [2.24, 2.45) is 11.8 Å². The summed E-state index contributed by atoms with van der Waals surface area (Å²) in [6, 6.07) is 0. The molecule has 4 rings (SSSR count). The van der Waals surface area contributed by atoms with Gasteiger partial charge in [0, 0.05) is 24.9 Å². The number of hydrogen-bond donors (Lipinski definition) is 1. The highest BCUT2D eigenvalue weighted by atomic mass is 16.5. The lowest BCUT2D eigenvalue weighted by molar-refractivity contribution is -0.142. The first-order valence-corrected chi connectivity index (χ1v) is 7.98. The van der Waals surface area contributed by atoms with Gasteiger partial charge in [0.2, 0.25) is 11.8 Å². The maximum atomic E-state index is 12.4. The Morgan fingerprint density at radius 2 is 2.00 bits per heavy atom. The minimum atomic E-state index is -0.862. The molecule has 1 aromatic heterocycles. The molecule has 1 saturated heterocycles. The molecular weight excluding hydrogens is 286 g/mol. The third-order valence-corrected chi connectivity index (χ3v) is 4.91. The number of aliphatic carboxylic acids is 1. The lowest BCUT2D eigenvalue weighted by Crippen LogP contribution is -2.40. The quantitative estimate of drug-likeness (QED) is 0.902. The number of carbonyl (C=O) groups is 2. The van der Waals surface area contributed by atoms with E-state index in [9.17, 15) is 9.59 Å². The third-order valence-electron chi connectivity index (χ3n) is 4.91. The maximum absolute atomic E-state index is 12.4. The van der Waals surface area contributed by atoms with Gasteiger partial charge in [-0.2, -0.15) is 4.98 Å². The number of piperidine rings is 1. The Kier molecular flexibility index (Phi) is 3.16. The van der Waals surface area contributed by atoms with Crippen LogP contribution in [0, 0.1) is 11.8 Å². The summed E-state index contributed by atoms with van der Waals surface area (Å²) < 4.78 is 5.30. The molecule has 0 bridgehead atoms. The molecule has 118 valence electrons. The van der Waals surface area contributed by atoms with E-state index in [2.05, 4.69) is 10.1 Å². The molecule has 1 aliphatic heterocycles. The number of amides is 1. The van der Waals surface area contributed by atoms with Gasteiger partial charge >= 0.3 is 5.97 Å². The van der Waals surface area contributed by atoms with Gasteiger partial charge in [0.05, 0.1) is 11.8 Å². The average molecular weight is 305 g/mol. The van der Waals surface area contributed by atoms with E-state index in [1.165, 1.54) is 0 Å². The van der Waals surface area contributed by atoms with Gasteiger partial charge in [-0.25, -0.2) is 0 Å². The number of carboxylic acid groups (broad SMARTS) is 1. The number of carbonyl (C=O) groups excluding carboxylic acids is 1. The molecule has 3 fully saturated rings. The number of nitrogens with zero attached hydrogens (tertiary/aromatic N) is 3. The van der Waals surface area contributed by atoms with Gasteiger partial charge < -0.3 is 14.5 Å². The van der Waals surface area contributed by atoms with Gasteiger partial charge in [-0.15, -0.1) is 0 Å². The van der Waals surface area contributed by atoms with Crippen LogP contribution in [0.15, 0.2) is 4.52 Å². The Labute approximate surface area is 127 Å². The molecule has 0 unspecified atom stereocenters. The Bertz CT molecular complexity index is 610. The van der Waals surface area contributed by atoms with E-state index in [0.29, 0.717) is 31.3 Å². The Hall–Kier alpha value is -1.92. The second kappa shape index (κ2) is 5.07. The number of hydrogen-bond acceptors (Lipinski definition) is 5. The summed E-state index contributed by atoms with van der Waals surface area (Å²) >= 11 is 0. The molecule has 3 atom stereocenters. The predicted molar refractivity (Wildman–Crippen MR) is 74.1 cm³/mol. The third kappa shape index (κ3) is 2.48. The molecule has 2 aliphatic carbocycles. The molecule has 22 heavy (non-hydrogen) atoms. The van der Waals surface area contributed by atoms with E-state index in [-0.39, 0.29) is 17.7 Å². The molecule has 2 heterocycles. The molecule has 0 spiro atoms. The molecule has 1 amide bonds.